The Hall–Kier alpha value is -2.60. The molecule has 0 spiro atoms. The van der Waals surface area contributed by atoms with E-state index in [1.165, 1.54) is 19.3 Å². The second-order valence-corrected chi connectivity index (χ2v) is 12.8. The van der Waals surface area contributed by atoms with E-state index in [-0.39, 0.29) is 11.2 Å². The van der Waals surface area contributed by atoms with Crippen LogP contribution >= 0.6 is 22.9 Å². The largest absolute Gasteiger partial charge is 0.351 e. The van der Waals surface area contributed by atoms with Crippen molar-refractivity contribution < 1.29 is 4.79 Å². The van der Waals surface area contributed by atoms with E-state index in [2.05, 4.69) is 17.0 Å². The van der Waals surface area contributed by atoms with Gasteiger partial charge in [0.15, 0.2) is 11.2 Å². The molecular formula is C29H26ClN3OS. The lowest BCUT2D eigenvalue weighted by atomic mass is 9.47. The lowest BCUT2D eigenvalue weighted by Crippen LogP contribution is -2.56. The Bertz CT molecular complexity index is 1280. The van der Waals surface area contributed by atoms with Gasteiger partial charge in [0.2, 0.25) is 0 Å². The lowest BCUT2D eigenvalue weighted by Gasteiger charge is -2.57. The Morgan fingerprint density at radius 2 is 1.74 bits per heavy atom. The molecular weight excluding hydrogens is 474 g/mol. The van der Waals surface area contributed by atoms with Crippen molar-refractivity contribution in [3.05, 3.63) is 57.3 Å². The Balaban J connectivity index is 1.44. The third-order valence-corrected chi connectivity index (χ3v) is 10.6. The fraction of sp³-hybridized carbons (Fsp3) is 0.483. The Kier molecular flexibility index (Phi) is 4.61. The van der Waals surface area contributed by atoms with Crippen LogP contribution in [0.5, 0.6) is 0 Å². The van der Waals surface area contributed by atoms with Gasteiger partial charge in [-0.2, -0.15) is 21.9 Å². The first-order valence-corrected chi connectivity index (χ1v) is 13.9. The summed E-state index contributed by atoms with van der Waals surface area (Å²) < 4.78 is 0. The molecule has 5 fully saturated rings. The van der Waals surface area contributed by atoms with Crippen LogP contribution in [0.15, 0.2) is 41.1 Å². The van der Waals surface area contributed by atoms with Gasteiger partial charge >= 0.3 is 0 Å². The molecule has 8 rings (SSSR count). The van der Waals surface area contributed by atoms with Crippen LogP contribution < -0.4 is 4.90 Å². The third kappa shape index (κ3) is 2.86. The van der Waals surface area contributed by atoms with Gasteiger partial charge in [-0.3, -0.25) is 4.79 Å². The van der Waals surface area contributed by atoms with Gasteiger partial charge in [0.1, 0.15) is 0 Å². The van der Waals surface area contributed by atoms with Crippen LogP contribution in [0.25, 0.3) is 6.08 Å². The average molecular weight is 500 g/mol. The molecule has 4 saturated carbocycles. The summed E-state index contributed by atoms with van der Waals surface area (Å²) in [6.45, 7) is 0. The Morgan fingerprint density at radius 3 is 2.34 bits per heavy atom. The molecule has 2 aliphatic heterocycles. The summed E-state index contributed by atoms with van der Waals surface area (Å²) >= 11 is 7.89. The normalized spacial score (nSPS) is 37.4. The van der Waals surface area contributed by atoms with Gasteiger partial charge in [0.05, 0.1) is 24.2 Å². The highest BCUT2D eigenvalue weighted by atomic mass is 35.5. The first kappa shape index (κ1) is 21.7. The number of benzene rings is 1. The number of fused-ring (bicyclic) bond motifs is 3. The molecule has 6 heteroatoms. The molecule has 1 saturated heterocycles. The molecule has 35 heavy (non-hydrogen) atoms. The number of ketones is 1. The van der Waals surface area contributed by atoms with Crippen LogP contribution in [-0.2, 0) is 4.79 Å². The molecule has 4 nitrogen and oxygen atoms in total. The van der Waals surface area contributed by atoms with E-state index in [4.69, 9.17) is 11.6 Å². The minimum absolute atomic E-state index is 0.265. The number of hydrogen-bond donors (Lipinski definition) is 0. The maximum atomic E-state index is 14.9. The molecule has 4 aliphatic carbocycles. The second kappa shape index (κ2) is 7.45. The third-order valence-electron chi connectivity index (χ3n) is 9.70. The number of carbonyl (C=O) groups is 1. The number of Topliss-reactive ketones (excluding diaryl/α,β-unsaturated/α-hetero) is 1. The predicted octanol–water partition coefficient (Wildman–Crippen LogP) is 6.59. The summed E-state index contributed by atoms with van der Waals surface area (Å²) in [5.41, 5.74) is 1.09. The van der Waals surface area contributed by atoms with Crippen molar-refractivity contribution in [3.63, 3.8) is 0 Å². The molecule has 1 aromatic heterocycles. The van der Waals surface area contributed by atoms with E-state index in [1.54, 1.807) is 11.3 Å². The van der Waals surface area contributed by atoms with Crippen LogP contribution in [0.4, 0.5) is 5.69 Å². The SMILES string of the molecule is N#CC1(C#N)[C@H](c2ccsc2)[C@H](C(=O)C23CC4CC(CC(C4)C2)C3)N2c3ccc(Cl)cc3C=C[C@@H]21. The monoisotopic (exact) mass is 499 g/mol. The van der Waals surface area contributed by atoms with Crippen molar-refractivity contribution in [2.24, 2.45) is 28.6 Å². The zero-order chi connectivity index (χ0) is 23.9. The number of nitriles is 2. The van der Waals surface area contributed by atoms with Gasteiger partial charge in [-0.25, -0.2) is 0 Å². The maximum absolute atomic E-state index is 14.9. The number of anilines is 1. The minimum atomic E-state index is -1.35. The van der Waals surface area contributed by atoms with Crippen LogP contribution in [-0.4, -0.2) is 17.9 Å². The molecule has 0 amide bonds. The van der Waals surface area contributed by atoms with Crippen LogP contribution in [0, 0.1) is 51.2 Å². The van der Waals surface area contributed by atoms with Crippen molar-refractivity contribution >= 4 is 40.5 Å². The quantitative estimate of drug-likeness (QED) is 0.477. The highest BCUT2D eigenvalue weighted by molar-refractivity contribution is 7.08. The Morgan fingerprint density at radius 1 is 1.06 bits per heavy atom. The second-order valence-electron chi connectivity index (χ2n) is 11.5. The van der Waals surface area contributed by atoms with Gasteiger partial charge in [-0.1, -0.05) is 23.8 Å². The van der Waals surface area contributed by atoms with E-state index in [9.17, 15) is 15.3 Å². The van der Waals surface area contributed by atoms with Gasteiger partial charge in [-0.15, -0.1) is 0 Å². The van der Waals surface area contributed by atoms with E-state index in [0.29, 0.717) is 22.8 Å². The van der Waals surface area contributed by atoms with E-state index < -0.39 is 23.4 Å². The molecule has 6 aliphatic rings. The van der Waals surface area contributed by atoms with Crippen LogP contribution in [0.3, 0.4) is 0 Å². The summed E-state index contributed by atoms with van der Waals surface area (Å²) in [6, 6.07) is 11.6. The first-order chi connectivity index (χ1) is 17.0. The fourth-order valence-electron chi connectivity index (χ4n) is 8.82. The van der Waals surface area contributed by atoms with Crippen LogP contribution in [0.1, 0.15) is 55.6 Å². The minimum Gasteiger partial charge on any atom is -0.351 e. The van der Waals surface area contributed by atoms with Crippen molar-refractivity contribution in [1.82, 2.24) is 0 Å². The molecule has 176 valence electrons. The molecule has 4 bridgehead atoms. The topological polar surface area (TPSA) is 67.9 Å². The molecule has 3 atom stereocenters. The summed E-state index contributed by atoms with van der Waals surface area (Å²) in [7, 11) is 0. The van der Waals surface area contributed by atoms with Gasteiger partial charge in [-0.05, 0) is 102 Å². The van der Waals surface area contributed by atoms with Gasteiger partial charge < -0.3 is 4.90 Å². The molecule has 0 unspecified atom stereocenters. The van der Waals surface area contributed by atoms with Crippen LogP contribution in [0.2, 0.25) is 5.02 Å². The highest BCUT2D eigenvalue weighted by Gasteiger charge is 2.67. The predicted molar refractivity (Wildman–Crippen MR) is 137 cm³/mol. The molecule has 2 aromatic rings. The number of nitrogens with zero attached hydrogens (tertiary/aromatic N) is 3. The number of rotatable bonds is 3. The lowest BCUT2D eigenvalue weighted by molar-refractivity contribution is -0.145. The summed E-state index contributed by atoms with van der Waals surface area (Å²) in [4.78, 5) is 17.1. The van der Waals surface area contributed by atoms with Gasteiger partial charge in [0, 0.05) is 22.0 Å². The summed E-state index contributed by atoms with van der Waals surface area (Å²) in [5.74, 6) is 1.70. The van der Waals surface area contributed by atoms with E-state index in [1.807, 2.05) is 47.2 Å². The van der Waals surface area contributed by atoms with Crippen molar-refractivity contribution in [3.8, 4) is 12.1 Å². The Labute approximate surface area is 214 Å². The first-order valence-electron chi connectivity index (χ1n) is 12.6. The smallest absolute Gasteiger partial charge is 0.176 e. The number of hydrogen-bond acceptors (Lipinski definition) is 5. The summed E-state index contributed by atoms with van der Waals surface area (Å²) in [6.07, 6.45) is 10.6. The van der Waals surface area contributed by atoms with Gasteiger partial charge in [0.25, 0.3) is 0 Å². The molecule has 0 N–H and O–H groups in total. The average Bonchev–Trinajstić information content (AvgIpc) is 3.47. The number of carbonyl (C=O) groups excluding carboxylic acids is 1. The zero-order valence-electron chi connectivity index (χ0n) is 19.4. The van der Waals surface area contributed by atoms with E-state index >= 15 is 0 Å². The summed E-state index contributed by atoms with van der Waals surface area (Å²) in [5, 5.41) is 25.8. The number of thiophene rings is 1. The van der Waals surface area contributed by atoms with Crippen molar-refractivity contribution in [2.75, 3.05) is 4.90 Å². The van der Waals surface area contributed by atoms with Crippen molar-refractivity contribution in [1.29, 1.82) is 10.5 Å². The fourth-order valence-corrected chi connectivity index (χ4v) is 9.69. The molecule has 0 radical (unpaired) electrons. The van der Waals surface area contributed by atoms with Crippen molar-refractivity contribution in [2.45, 2.75) is 56.5 Å². The standard InChI is InChI=1S/C29H26ClN3OS/c30-22-2-3-23-20(10-22)1-4-24-29(15-31,16-32)25(21-5-6-35-14-21)26(33(23)24)27(34)28-11-17-7-18(12-28)9-19(8-17)13-28/h1-6,10,14,17-19,24-26H,7-9,11-13H2/t17?,18?,19?,24-,25-,26-,28?/m1/s1. The number of halogens is 1. The molecule has 3 heterocycles. The highest BCUT2D eigenvalue weighted by Crippen LogP contribution is 2.63. The zero-order valence-corrected chi connectivity index (χ0v) is 20.9. The van der Waals surface area contributed by atoms with E-state index in [0.717, 1.165) is 36.1 Å². The maximum Gasteiger partial charge on any atom is 0.176 e. The molecule has 1 aromatic carbocycles.